The molecule has 4 aromatic rings. The summed E-state index contributed by atoms with van der Waals surface area (Å²) in [5, 5.41) is 31.7. The number of ether oxygens (including phenoxy) is 1. The van der Waals surface area contributed by atoms with Crippen LogP contribution in [-0.4, -0.2) is 15.3 Å². The molecular formula is C28H27NO4. The summed E-state index contributed by atoms with van der Waals surface area (Å²) in [7, 11) is 0. The number of rotatable bonds is 5. The third kappa shape index (κ3) is 4.58. The molecule has 0 aliphatic rings. The van der Waals surface area contributed by atoms with Gasteiger partial charge in [-0.25, -0.2) is 0 Å². The molecule has 168 valence electrons. The van der Waals surface area contributed by atoms with Crippen LogP contribution in [0.1, 0.15) is 22.3 Å². The minimum absolute atomic E-state index is 0.0979. The third-order valence-corrected chi connectivity index (χ3v) is 5.52. The maximum absolute atomic E-state index is 10.7. The van der Waals surface area contributed by atoms with Crippen molar-refractivity contribution in [2.75, 3.05) is 4.90 Å². The predicted molar refractivity (Wildman–Crippen MR) is 132 cm³/mol. The zero-order valence-electron chi connectivity index (χ0n) is 19.1. The number of anilines is 3. The molecule has 0 bridgehead atoms. The molecule has 0 atom stereocenters. The summed E-state index contributed by atoms with van der Waals surface area (Å²) in [5.41, 5.74) is 5.14. The molecule has 0 aliphatic heterocycles. The van der Waals surface area contributed by atoms with Crippen molar-refractivity contribution in [3.63, 3.8) is 0 Å². The van der Waals surface area contributed by atoms with E-state index in [1.54, 1.807) is 30.0 Å². The zero-order chi connectivity index (χ0) is 23.7. The molecule has 4 rings (SSSR count). The highest BCUT2D eigenvalue weighted by Crippen LogP contribution is 2.45. The highest BCUT2D eigenvalue weighted by Gasteiger charge is 2.20. The van der Waals surface area contributed by atoms with Crippen molar-refractivity contribution in [2.45, 2.75) is 27.7 Å². The van der Waals surface area contributed by atoms with E-state index in [1.165, 1.54) is 0 Å². The first-order valence-corrected chi connectivity index (χ1v) is 10.7. The Hall–Kier alpha value is -4.12. The lowest BCUT2D eigenvalue weighted by molar-refractivity contribution is 0.447. The molecular weight excluding hydrogens is 414 g/mol. The number of benzene rings is 4. The van der Waals surface area contributed by atoms with Crippen LogP contribution in [0.3, 0.4) is 0 Å². The van der Waals surface area contributed by atoms with Gasteiger partial charge in [0, 0.05) is 11.6 Å². The van der Waals surface area contributed by atoms with Crippen LogP contribution in [0.25, 0.3) is 0 Å². The average molecular weight is 442 g/mol. The smallest absolute Gasteiger partial charge is 0.139 e. The van der Waals surface area contributed by atoms with Gasteiger partial charge in [0.05, 0.1) is 17.1 Å². The fourth-order valence-corrected chi connectivity index (χ4v) is 3.78. The maximum Gasteiger partial charge on any atom is 0.139 e. The molecule has 3 N–H and O–H groups in total. The summed E-state index contributed by atoms with van der Waals surface area (Å²) in [5.74, 6) is 1.50. The van der Waals surface area contributed by atoms with E-state index < -0.39 is 0 Å². The molecule has 0 unspecified atom stereocenters. The van der Waals surface area contributed by atoms with Gasteiger partial charge >= 0.3 is 0 Å². The molecule has 0 aliphatic carbocycles. The second kappa shape index (κ2) is 8.79. The van der Waals surface area contributed by atoms with Crippen LogP contribution in [0.15, 0.2) is 72.8 Å². The lowest BCUT2D eigenvalue weighted by atomic mass is 10.1. The number of hydrogen-bond acceptors (Lipinski definition) is 5. The van der Waals surface area contributed by atoms with Crippen molar-refractivity contribution in [3.8, 4) is 28.7 Å². The maximum atomic E-state index is 10.7. The van der Waals surface area contributed by atoms with Crippen LogP contribution in [-0.2, 0) is 0 Å². The van der Waals surface area contributed by atoms with Crippen molar-refractivity contribution in [2.24, 2.45) is 0 Å². The Morgan fingerprint density at radius 3 is 1.76 bits per heavy atom. The number of phenols is 3. The number of aryl methyl sites for hydroxylation is 3. The summed E-state index contributed by atoms with van der Waals surface area (Å²) in [4.78, 5) is 1.79. The second-order valence-corrected chi connectivity index (χ2v) is 8.33. The second-order valence-electron chi connectivity index (χ2n) is 8.33. The van der Waals surface area contributed by atoms with E-state index in [4.69, 9.17) is 4.74 Å². The van der Waals surface area contributed by atoms with Crippen LogP contribution in [0.2, 0.25) is 0 Å². The minimum Gasteiger partial charge on any atom is -0.508 e. The molecule has 0 fully saturated rings. The summed E-state index contributed by atoms with van der Waals surface area (Å²) in [6.07, 6.45) is 0. The van der Waals surface area contributed by atoms with E-state index >= 15 is 0 Å². The lowest BCUT2D eigenvalue weighted by Gasteiger charge is -2.27. The van der Waals surface area contributed by atoms with Gasteiger partial charge in [0.15, 0.2) is 0 Å². The van der Waals surface area contributed by atoms with Gasteiger partial charge in [0.1, 0.15) is 28.7 Å². The Labute approximate surface area is 193 Å². The van der Waals surface area contributed by atoms with Crippen LogP contribution in [0.4, 0.5) is 17.1 Å². The number of nitrogens with zero attached hydrogens (tertiary/aromatic N) is 1. The molecule has 0 saturated heterocycles. The largest absolute Gasteiger partial charge is 0.508 e. The molecule has 0 amide bonds. The highest BCUT2D eigenvalue weighted by molar-refractivity contribution is 5.83. The molecule has 0 saturated carbocycles. The Morgan fingerprint density at radius 2 is 1.18 bits per heavy atom. The Kier molecular flexibility index (Phi) is 5.88. The van der Waals surface area contributed by atoms with Crippen LogP contribution < -0.4 is 9.64 Å². The minimum atomic E-state index is 0.0979. The number of hydrogen-bond donors (Lipinski definition) is 3. The number of phenolic OH excluding ortho intramolecular Hbond substituents is 3. The van der Waals surface area contributed by atoms with Crippen LogP contribution in [0, 0.1) is 27.7 Å². The molecule has 0 spiro atoms. The van der Waals surface area contributed by atoms with Crippen molar-refractivity contribution in [1.29, 1.82) is 0 Å². The Balaban J connectivity index is 1.83. The number of aromatic hydroxyl groups is 3. The average Bonchev–Trinajstić information content (AvgIpc) is 2.75. The zero-order valence-corrected chi connectivity index (χ0v) is 19.1. The molecule has 5 nitrogen and oxygen atoms in total. The summed E-state index contributed by atoms with van der Waals surface area (Å²) < 4.78 is 6.12. The Morgan fingerprint density at radius 1 is 0.606 bits per heavy atom. The Bertz CT molecular complexity index is 1280. The monoisotopic (exact) mass is 441 g/mol. The topological polar surface area (TPSA) is 73.2 Å². The van der Waals surface area contributed by atoms with Gasteiger partial charge in [-0.1, -0.05) is 18.2 Å². The summed E-state index contributed by atoms with van der Waals surface area (Å²) in [6.45, 7) is 7.51. The van der Waals surface area contributed by atoms with Gasteiger partial charge in [0.25, 0.3) is 0 Å². The van der Waals surface area contributed by atoms with Crippen molar-refractivity contribution in [1.82, 2.24) is 0 Å². The quantitative estimate of drug-likeness (QED) is 0.303. The first-order chi connectivity index (χ1) is 15.7. The van der Waals surface area contributed by atoms with Gasteiger partial charge < -0.3 is 25.0 Å². The van der Waals surface area contributed by atoms with Crippen molar-refractivity contribution >= 4 is 17.1 Å². The fourth-order valence-electron chi connectivity index (χ4n) is 3.78. The lowest BCUT2D eigenvalue weighted by Crippen LogP contribution is -2.10. The summed E-state index contributed by atoms with van der Waals surface area (Å²) >= 11 is 0. The SMILES string of the molecule is Cc1ccc(N(c2cccc(Oc3cc(C)cc(O)c3C)c2)c2ccc(C)cc2O)c(O)c1. The normalized spacial score (nSPS) is 10.8. The van der Waals surface area contributed by atoms with Gasteiger partial charge in [-0.05, 0) is 92.9 Å². The van der Waals surface area contributed by atoms with Gasteiger partial charge in [-0.15, -0.1) is 0 Å². The van der Waals surface area contributed by atoms with Crippen molar-refractivity contribution < 1.29 is 20.1 Å². The van der Waals surface area contributed by atoms with Gasteiger partial charge in [-0.3, -0.25) is 0 Å². The molecule has 0 heterocycles. The van der Waals surface area contributed by atoms with Gasteiger partial charge in [0.2, 0.25) is 0 Å². The van der Waals surface area contributed by atoms with E-state index in [2.05, 4.69) is 0 Å². The first-order valence-electron chi connectivity index (χ1n) is 10.7. The van der Waals surface area contributed by atoms with E-state index in [1.807, 2.05) is 75.4 Å². The molecule has 33 heavy (non-hydrogen) atoms. The van der Waals surface area contributed by atoms with Crippen LogP contribution in [0.5, 0.6) is 28.7 Å². The van der Waals surface area contributed by atoms with Gasteiger partial charge in [-0.2, -0.15) is 0 Å². The molecule has 5 heteroatoms. The predicted octanol–water partition coefficient (Wildman–Crippen LogP) is 7.30. The molecule has 0 aromatic heterocycles. The fraction of sp³-hybridized carbons (Fsp3) is 0.143. The summed E-state index contributed by atoms with van der Waals surface area (Å²) in [6, 6.07) is 21.8. The van der Waals surface area contributed by atoms with E-state index in [0.29, 0.717) is 34.1 Å². The van der Waals surface area contributed by atoms with E-state index in [-0.39, 0.29) is 17.2 Å². The molecule has 4 aromatic carbocycles. The van der Waals surface area contributed by atoms with E-state index in [9.17, 15) is 15.3 Å². The highest BCUT2D eigenvalue weighted by atomic mass is 16.5. The van der Waals surface area contributed by atoms with Crippen molar-refractivity contribution in [3.05, 3.63) is 95.1 Å². The molecule has 0 radical (unpaired) electrons. The first kappa shape index (κ1) is 22.1. The van der Waals surface area contributed by atoms with E-state index in [0.717, 1.165) is 16.7 Å². The van der Waals surface area contributed by atoms with Crippen LogP contribution >= 0.6 is 0 Å². The third-order valence-electron chi connectivity index (χ3n) is 5.52. The standard InChI is InChI=1S/C28H27NO4/c1-17-8-10-23(26(31)12-17)29(24-11-9-18(2)13-27(24)32)21-6-5-7-22(16-21)33-28-15-19(3)14-25(30)20(28)4/h5-16,30-32H,1-4H3.